The molecule has 15 heavy (non-hydrogen) atoms. The van der Waals surface area contributed by atoms with Gasteiger partial charge in [0.1, 0.15) is 0 Å². The van der Waals surface area contributed by atoms with E-state index in [0.29, 0.717) is 12.8 Å². The summed E-state index contributed by atoms with van der Waals surface area (Å²) in [6, 6.07) is 0. The second kappa shape index (κ2) is 4.03. The molecule has 3 heteroatoms. The van der Waals surface area contributed by atoms with Gasteiger partial charge in [-0.05, 0) is 30.1 Å². The normalized spacial score (nSPS) is 28.9. The van der Waals surface area contributed by atoms with E-state index >= 15 is 0 Å². The Hall–Kier alpha value is -1.35. The summed E-state index contributed by atoms with van der Waals surface area (Å²) in [5, 5.41) is 9.42. The van der Waals surface area contributed by atoms with Crippen LogP contribution in [0.2, 0.25) is 0 Å². The van der Waals surface area contributed by atoms with Crippen molar-refractivity contribution in [3.63, 3.8) is 0 Å². The highest BCUT2D eigenvalue weighted by atomic mass is 16.5. The highest BCUT2D eigenvalue weighted by Crippen LogP contribution is 2.31. The van der Waals surface area contributed by atoms with Crippen molar-refractivity contribution in [1.29, 1.82) is 0 Å². The molecule has 2 aliphatic carbocycles. The first-order chi connectivity index (χ1) is 7.20. The zero-order valence-electron chi connectivity index (χ0n) is 8.64. The van der Waals surface area contributed by atoms with Crippen molar-refractivity contribution in [2.45, 2.75) is 18.9 Å². The van der Waals surface area contributed by atoms with E-state index in [9.17, 15) is 9.90 Å². The standard InChI is InChI=1S/C12H14O3/c1-15-12(14)10-3-2-9-7-11(13)5-4-8(9)6-10/h2-4,7,10-11,13H,5-6H2,1H3. The molecule has 0 spiro atoms. The van der Waals surface area contributed by atoms with E-state index < -0.39 is 0 Å². The number of rotatable bonds is 1. The largest absolute Gasteiger partial charge is 0.469 e. The lowest BCUT2D eigenvalue weighted by Gasteiger charge is -2.23. The molecule has 0 aromatic rings. The number of ether oxygens (including phenoxy) is 1. The van der Waals surface area contributed by atoms with Crippen LogP contribution in [0.3, 0.4) is 0 Å². The maximum Gasteiger partial charge on any atom is 0.312 e. The molecule has 2 atom stereocenters. The molecule has 80 valence electrons. The predicted octanol–water partition coefficient (Wildman–Crippen LogP) is 1.35. The fraction of sp³-hybridized carbons (Fsp3) is 0.417. The van der Waals surface area contributed by atoms with E-state index in [1.807, 2.05) is 24.3 Å². The molecule has 2 unspecified atom stereocenters. The molecule has 0 aromatic carbocycles. The molecular formula is C12H14O3. The summed E-state index contributed by atoms with van der Waals surface area (Å²) in [6.45, 7) is 0. The molecule has 0 saturated carbocycles. The lowest BCUT2D eigenvalue weighted by molar-refractivity contribution is -0.143. The van der Waals surface area contributed by atoms with Crippen molar-refractivity contribution < 1.29 is 14.6 Å². The number of aliphatic hydroxyl groups excluding tert-OH is 1. The predicted molar refractivity (Wildman–Crippen MR) is 56.1 cm³/mol. The van der Waals surface area contributed by atoms with Gasteiger partial charge in [-0.15, -0.1) is 0 Å². The molecule has 0 aliphatic heterocycles. The van der Waals surface area contributed by atoms with Crippen LogP contribution in [0.1, 0.15) is 12.8 Å². The monoisotopic (exact) mass is 206 g/mol. The lowest BCUT2D eigenvalue weighted by atomic mass is 9.84. The van der Waals surface area contributed by atoms with Gasteiger partial charge in [0.2, 0.25) is 0 Å². The van der Waals surface area contributed by atoms with E-state index in [2.05, 4.69) is 0 Å². The topological polar surface area (TPSA) is 46.5 Å². The molecule has 0 fully saturated rings. The highest BCUT2D eigenvalue weighted by Gasteiger charge is 2.24. The van der Waals surface area contributed by atoms with Gasteiger partial charge < -0.3 is 9.84 Å². The molecule has 0 saturated heterocycles. The molecular weight excluding hydrogens is 192 g/mol. The van der Waals surface area contributed by atoms with E-state index in [1.165, 1.54) is 7.11 Å². The van der Waals surface area contributed by atoms with Crippen LogP contribution in [0, 0.1) is 5.92 Å². The first kappa shape index (κ1) is 10.2. The Morgan fingerprint density at radius 2 is 2.40 bits per heavy atom. The van der Waals surface area contributed by atoms with Gasteiger partial charge in [-0.3, -0.25) is 4.79 Å². The van der Waals surface area contributed by atoms with Crippen molar-refractivity contribution in [3.8, 4) is 0 Å². The summed E-state index contributed by atoms with van der Waals surface area (Å²) in [4.78, 5) is 11.3. The van der Waals surface area contributed by atoms with E-state index in [-0.39, 0.29) is 18.0 Å². The molecule has 0 amide bonds. The van der Waals surface area contributed by atoms with E-state index in [4.69, 9.17) is 4.74 Å². The number of aliphatic hydroxyl groups is 1. The van der Waals surface area contributed by atoms with Gasteiger partial charge in [-0.1, -0.05) is 18.2 Å². The van der Waals surface area contributed by atoms with Crippen LogP contribution in [-0.2, 0) is 9.53 Å². The van der Waals surface area contributed by atoms with Crippen molar-refractivity contribution in [3.05, 3.63) is 35.5 Å². The molecule has 3 nitrogen and oxygen atoms in total. The summed E-state index contributed by atoms with van der Waals surface area (Å²) in [7, 11) is 1.40. The Labute approximate surface area is 88.7 Å². The Morgan fingerprint density at radius 3 is 3.13 bits per heavy atom. The molecule has 2 rings (SSSR count). The van der Waals surface area contributed by atoms with Gasteiger partial charge in [0.15, 0.2) is 0 Å². The van der Waals surface area contributed by atoms with Gasteiger partial charge in [0.05, 0.1) is 19.1 Å². The van der Waals surface area contributed by atoms with Gasteiger partial charge in [0, 0.05) is 0 Å². The van der Waals surface area contributed by atoms with E-state index in [0.717, 1.165) is 11.1 Å². The fourth-order valence-corrected chi connectivity index (χ4v) is 1.97. The van der Waals surface area contributed by atoms with Crippen molar-refractivity contribution in [2.24, 2.45) is 5.92 Å². The molecule has 0 aromatic heterocycles. The number of hydrogen-bond acceptors (Lipinski definition) is 3. The number of methoxy groups -OCH3 is 1. The maximum absolute atomic E-state index is 11.3. The molecule has 0 heterocycles. The van der Waals surface area contributed by atoms with Crippen molar-refractivity contribution >= 4 is 5.97 Å². The second-order valence-electron chi connectivity index (χ2n) is 3.85. The van der Waals surface area contributed by atoms with Gasteiger partial charge in [-0.25, -0.2) is 0 Å². The van der Waals surface area contributed by atoms with Crippen LogP contribution in [0.25, 0.3) is 0 Å². The van der Waals surface area contributed by atoms with Gasteiger partial charge in [0.25, 0.3) is 0 Å². The van der Waals surface area contributed by atoms with Crippen LogP contribution in [-0.4, -0.2) is 24.3 Å². The third-order valence-electron chi connectivity index (χ3n) is 2.80. The highest BCUT2D eigenvalue weighted by molar-refractivity contribution is 5.76. The number of esters is 1. The number of carbonyl (C=O) groups excluding carboxylic acids is 1. The van der Waals surface area contributed by atoms with E-state index in [1.54, 1.807) is 0 Å². The zero-order chi connectivity index (χ0) is 10.8. The summed E-state index contributed by atoms with van der Waals surface area (Å²) >= 11 is 0. The number of fused-ring (bicyclic) bond motifs is 1. The van der Waals surface area contributed by atoms with Crippen molar-refractivity contribution in [1.82, 2.24) is 0 Å². The second-order valence-corrected chi connectivity index (χ2v) is 3.85. The summed E-state index contributed by atoms with van der Waals surface area (Å²) in [5.41, 5.74) is 2.17. The minimum Gasteiger partial charge on any atom is -0.469 e. The Kier molecular flexibility index (Phi) is 2.73. The van der Waals surface area contributed by atoms with Crippen LogP contribution >= 0.6 is 0 Å². The zero-order valence-corrected chi connectivity index (χ0v) is 8.64. The smallest absolute Gasteiger partial charge is 0.312 e. The van der Waals surface area contributed by atoms with Gasteiger partial charge >= 0.3 is 5.97 Å². The third-order valence-corrected chi connectivity index (χ3v) is 2.80. The number of allylic oxidation sites excluding steroid dienone is 3. The number of carbonyl (C=O) groups is 1. The first-order valence-electron chi connectivity index (χ1n) is 5.06. The number of hydrogen-bond donors (Lipinski definition) is 1. The lowest BCUT2D eigenvalue weighted by Crippen LogP contribution is -2.19. The van der Waals surface area contributed by atoms with Gasteiger partial charge in [-0.2, -0.15) is 0 Å². The fourth-order valence-electron chi connectivity index (χ4n) is 1.97. The van der Waals surface area contributed by atoms with Crippen LogP contribution < -0.4 is 0 Å². The minimum absolute atomic E-state index is 0.173. The quantitative estimate of drug-likeness (QED) is 0.659. The molecule has 0 radical (unpaired) electrons. The van der Waals surface area contributed by atoms with Crippen LogP contribution in [0.4, 0.5) is 0 Å². The summed E-state index contributed by atoms with van der Waals surface area (Å²) in [5.74, 6) is -0.369. The average Bonchev–Trinajstić information content (AvgIpc) is 2.27. The SMILES string of the molecule is COC(=O)C1C=CC2=CC(O)CC=C2C1. The summed E-state index contributed by atoms with van der Waals surface area (Å²) < 4.78 is 4.70. The molecule has 0 bridgehead atoms. The summed E-state index contributed by atoms with van der Waals surface area (Å²) in [6.07, 6.45) is 8.50. The minimum atomic E-state index is -0.386. The Bertz CT molecular complexity index is 363. The Balaban J connectivity index is 2.20. The third kappa shape index (κ3) is 2.02. The Morgan fingerprint density at radius 1 is 1.60 bits per heavy atom. The van der Waals surface area contributed by atoms with Crippen molar-refractivity contribution in [2.75, 3.05) is 7.11 Å². The molecule has 2 aliphatic rings. The van der Waals surface area contributed by atoms with Crippen LogP contribution in [0.5, 0.6) is 0 Å². The average molecular weight is 206 g/mol. The maximum atomic E-state index is 11.3. The molecule has 1 N–H and O–H groups in total. The van der Waals surface area contributed by atoms with Crippen LogP contribution in [0.15, 0.2) is 35.5 Å². The first-order valence-corrected chi connectivity index (χ1v) is 5.06.